The Morgan fingerprint density at radius 2 is 1.81 bits per heavy atom. The smallest absolute Gasteiger partial charge is 0.323 e. The highest BCUT2D eigenvalue weighted by atomic mass is 16.4. The van der Waals surface area contributed by atoms with Gasteiger partial charge in [-0.1, -0.05) is 39.0 Å². The van der Waals surface area contributed by atoms with Crippen molar-refractivity contribution in [1.82, 2.24) is 9.80 Å². The quantitative estimate of drug-likeness (QED) is 0.879. The first kappa shape index (κ1) is 20.9. The minimum absolute atomic E-state index is 0.00813. The van der Waals surface area contributed by atoms with E-state index in [4.69, 9.17) is 5.11 Å². The summed E-state index contributed by atoms with van der Waals surface area (Å²) >= 11 is 0. The second kappa shape index (κ2) is 8.55. The lowest BCUT2D eigenvalue weighted by Gasteiger charge is -2.29. The summed E-state index contributed by atoms with van der Waals surface area (Å²) < 4.78 is 0. The third-order valence-electron chi connectivity index (χ3n) is 5.10. The van der Waals surface area contributed by atoms with Crippen molar-refractivity contribution in [3.63, 3.8) is 0 Å². The molecule has 1 N–H and O–H groups in total. The molecule has 6 heteroatoms. The van der Waals surface area contributed by atoms with Crippen LogP contribution < -0.4 is 0 Å². The molecule has 1 aliphatic heterocycles. The van der Waals surface area contributed by atoms with E-state index in [0.29, 0.717) is 25.9 Å². The van der Waals surface area contributed by atoms with Crippen molar-refractivity contribution < 1.29 is 19.5 Å². The molecule has 6 nitrogen and oxygen atoms in total. The first-order valence-corrected chi connectivity index (χ1v) is 9.49. The van der Waals surface area contributed by atoms with Crippen molar-refractivity contribution in [3.8, 4) is 0 Å². The zero-order chi connectivity index (χ0) is 20.2. The number of carbonyl (C=O) groups excluding carboxylic acids is 2. The Hall–Kier alpha value is -2.37. The van der Waals surface area contributed by atoms with E-state index in [9.17, 15) is 14.4 Å². The van der Waals surface area contributed by atoms with Gasteiger partial charge in [-0.2, -0.15) is 0 Å². The van der Waals surface area contributed by atoms with Crippen LogP contribution >= 0.6 is 0 Å². The Morgan fingerprint density at radius 3 is 2.41 bits per heavy atom. The van der Waals surface area contributed by atoms with Crippen LogP contribution in [-0.2, 0) is 15.0 Å². The molecule has 1 saturated heterocycles. The zero-order valence-corrected chi connectivity index (χ0v) is 16.7. The maximum absolute atomic E-state index is 13.2. The van der Waals surface area contributed by atoms with Gasteiger partial charge < -0.3 is 14.9 Å². The molecule has 1 aromatic carbocycles. The van der Waals surface area contributed by atoms with E-state index in [-0.39, 0.29) is 29.8 Å². The highest BCUT2D eigenvalue weighted by Crippen LogP contribution is 2.27. The summed E-state index contributed by atoms with van der Waals surface area (Å²) in [5.74, 6) is -1.24. The largest absolute Gasteiger partial charge is 0.480 e. The summed E-state index contributed by atoms with van der Waals surface area (Å²) in [5, 5.41) is 9.07. The molecule has 0 aromatic heterocycles. The summed E-state index contributed by atoms with van der Waals surface area (Å²) in [6.45, 7) is 8.52. The van der Waals surface area contributed by atoms with Gasteiger partial charge in [-0.25, -0.2) is 0 Å². The van der Waals surface area contributed by atoms with Gasteiger partial charge in [0.15, 0.2) is 0 Å². The monoisotopic (exact) mass is 374 g/mol. The van der Waals surface area contributed by atoms with Crippen molar-refractivity contribution in [2.45, 2.75) is 58.4 Å². The van der Waals surface area contributed by atoms with Crippen LogP contribution in [0.1, 0.15) is 62.9 Å². The normalized spacial score (nSPS) is 17.9. The van der Waals surface area contributed by atoms with Gasteiger partial charge in [0, 0.05) is 31.6 Å². The van der Waals surface area contributed by atoms with Gasteiger partial charge in [0.05, 0.1) is 0 Å². The number of amides is 2. The number of carboxylic acid groups (broad SMARTS) is 1. The molecule has 1 unspecified atom stereocenters. The molecule has 0 saturated carbocycles. The predicted molar refractivity (Wildman–Crippen MR) is 104 cm³/mol. The average Bonchev–Trinajstić information content (AvgIpc) is 2.84. The molecule has 2 rings (SSSR count). The van der Waals surface area contributed by atoms with Crippen LogP contribution in [-0.4, -0.2) is 58.4 Å². The van der Waals surface area contributed by atoms with Crippen LogP contribution in [0.15, 0.2) is 24.3 Å². The van der Waals surface area contributed by atoms with Crippen LogP contribution in [0.5, 0.6) is 0 Å². The maximum Gasteiger partial charge on any atom is 0.323 e. The van der Waals surface area contributed by atoms with Crippen LogP contribution in [0.2, 0.25) is 0 Å². The molecular weight excluding hydrogens is 344 g/mol. The maximum atomic E-state index is 13.2. The third kappa shape index (κ3) is 5.31. The molecule has 0 aliphatic carbocycles. The predicted octanol–water partition coefficient (Wildman–Crippen LogP) is 2.91. The van der Waals surface area contributed by atoms with E-state index in [1.54, 1.807) is 0 Å². The van der Waals surface area contributed by atoms with E-state index in [0.717, 1.165) is 17.5 Å². The molecule has 148 valence electrons. The number of carboxylic acids is 1. The Morgan fingerprint density at radius 1 is 1.15 bits per heavy atom. The summed E-state index contributed by atoms with van der Waals surface area (Å²) in [4.78, 5) is 39.4. The van der Waals surface area contributed by atoms with Gasteiger partial charge in [-0.15, -0.1) is 0 Å². The lowest BCUT2D eigenvalue weighted by molar-refractivity contribution is -0.145. The van der Waals surface area contributed by atoms with E-state index in [2.05, 4.69) is 20.8 Å². The number of nitrogens with zero attached hydrogens (tertiary/aromatic N) is 2. The molecule has 0 radical (unpaired) electrons. The average molecular weight is 374 g/mol. The molecule has 1 heterocycles. The lowest BCUT2D eigenvalue weighted by atomic mass is 9.83. The van der Waals surface area contributed by atoms with Crippen LogP contribution in [0.4, 0.5) is 0 Å². The van der Waals surface area contributed by atoms with Gasteiger partial charge in [-0.05, 0) is 36.3 Å². The van der Waals surface area contributed by atoms with E-state index in [1.165, 1.54) is 11.8 Å². The molecule has 1 aliphatic rings. The number of hydrogen-bond acceptors (Lipinski definition) is 3. The first-order chi connectivity index (χ1) is 12.6. The van der Waals surface area contributed by atoms with E-state index >= 15 is 0 Å². The number of rotatable bonds is 4. The van der Waals surface area contributed by atoms with E-state index in [1.807, 2.05) is 29.2 Å². The van der Waals surface area contributed by atoms with Gasteiger partial charge in [0.25, 0.3) is 5.91 Å². The molecule has 0 bridgehead atoms. The Labute approximate surface area is 161 Å². The van der Waals surface area contributed by atoms with Crippen molar-refractivity contribution in [3.05, 3.63) is 35.4 Å². The summed E-state index contributed by atoms with van der Waals surface area (Å²) in [7, 11) is 0. The highest BCUT2D eigenvalue weighted by molar-refractivity contribution is 5.96. The van der Waals surface area contributed by atoms with Crippen LogP contribution in [0.3, 0.4) is 0 Å². The minimum Gasteiger partial charge on any atom is -0.480 e. The van der Waals surface area contributed by atoms with Gasteiger partial charge in [0.2, 0.25) is 5.91 Å². The third-order valence-corrected chi connectivity index (χ3v) is 5.10. The summed E-state index contributed by atoms with van der Waals surface area (Å²) in [6.07, 6.45) is 2.05. The molecule has 1 atom stereocenters. The highest BCUT2D eigenvalue weighted by Gasteiger charge is 2.29. The SMILES string of the molecule is CC(=O)N(CC(=O)O)C1CCCN(C(=O)c2ccccc2C(C)(C)C)CC1. The number of carbonyl (C=O) groups is 3. The van der Waals surface area contributed by atoms with Crippen LogP contribution in [0.25, 0.3) is 0 Å². The zero-order valence-electron chi connectivity index (χ0n) is 16.7. The van der Waals surface area contributed by atoms with Gasteiger partial charge in [-0.3, -0.25) is 14.4 Å². The van der Waals surface area contributed by atoms with E-state index < -0.39 is 5.97 Å². The summed E-state index contributed by atoms with van der Waals surface area (Å²) in [6, 6.07) is 7.56. The standard InChI is InChI=1S/C21H30N2O4/c1-15(24)23(14-19(25)26)16-8-7-12-22(13-11-16)20(27)17-9-5-6-10-18(17)21(2,3)4/h5-6,9-10,16H,7-8,11-14H2,1-4H3,(H,25,26). The van der Waals surface area contributed by atoms with Crippen molar-refractivity contribution in [2.75, 3.05) is 19.6 Å². The Bertz CT molecular complexity index is 708. The fraction of sp³-hybridized carbons (Fsp3) is 0.571. The van der Waals surface area contributed by atoms with Gasteiger partial charge >= 0.3 is 5.97 Å². The van der Waals surface area contributed by atoms with Crippen molar-refractivity contribution >= 4 is 17.8 Å². The Kier molecular flexibility index (Phi) is 6.63. The second-order valence-electron chi connectivity index (χ2n) is 8.21. The second-order valence-corrected chi connectivity index (χ2v) is 8.21. The number of likely N-dealkylation sites (tertiary alicyclic amines) is 1. The number of aliphatic carboxylic acids is 1. The summed E-state index contributed by atoms with van der Waals surface area (Å²) in [5.41, 5.74) is 1.61. The van der Waals surface area contributed by atoms with Crippen molar-refractivity contribution in [1.29, 1.82) is 0 Å². The number of hydrogen-bond donors (Lipinski definition) is 1. The molecule has 1 fully saturated rings. The minimum atomic E-state index is -1.01. The van der Waals surface area contributed by atoms with Crippen molar-refractivity contribution in [2.24, 2.45) is 0 Å². The first-order valence-electron chi connectivity index (χ1n) is 9.49. The Balaban J connectivity index is 2.16. The fourth-order valence-corrected chi connectivity index (χ4v) is 3.73. The topological polar surface area (TPSA) is 77.9 Å². The number of benzene rings is 1. The van der Waals surface area contributed by atoms with Gasteiger partial charge in [0.1, 0.15) is 6.54 Å². The van der Waals surface area contributed by atoms with Crippen LogP contribution in [0, 0.1) is 0 Å². The lowest BCUT2D eigenvalue weighted by Crippen LogP contribution is -2.43. The molecular formula is C21H30N2O4. The molecule has 1 aromatic rings. The fourth-order valence-electron chi connectivity index (χ4n) is 3.73. The molecule has 2 amide bonds. The molecule has 27 heavy (non-hydrogen) atoms. The molecule has 0 spiro atoms.